The first kappa shape index (κ1) is 17.5. The lowest BCUT2D eigenvalue weighted by atomic mass is 9.79. The highest BCUT2D eigenvalue weighted by molar-refractivity contribution is 5.72. The van der Waals surface area contributed by atoms with Crippen molar-refractivity contribution >= 4 is 12.1 Å². The second-order valence-electron chi connectivity index (χ2n) is 8.09. The molecule has 2 unspecified atom stereocenters. The van der Waals surface area contributed by atoms with Crippen LogP contribution in [0.4, 0.5) is 4.79 Å². The number of ether oxygens (including phenoxy) is 2. The lowest BCUT2D eigenvalue weighted by Gasteiger charge is -2.38. The van der Waals surface area contributed by atoms with Crippen LogP contribution in [0.5, 0.6) is 0 Å². The standard InChI is InChI=1S/C17H28N2O5/c1-17(2,3)24-16(22)19-8-6-18(7-9-19)10-11-12-4-5-13(23-12)14(11)15(20)21/h11-14H,4-10H2,1-3H3,(H,20,21)/t11?,12-,13+,14?/m0/s1. The average molecular weight is 340 g/mol. The van der Waals surface area contributed by atoms with E-state index in [9.17, 15) is 14.7 Å². The highest BCUT2D eigenvalue weighted by Crippen LogP contribution is 2.43. The van der Waals surface area contributed by atoms with Gasteiger partial charge in [0.15, 0.2) is 0 Å². The van der Waals surface area contributed by atoms with Crippen molar-refractivity contribution in [1.82, 2.24) is 9.80 Å². The predicted molar refractivity (Wildman–Crippen MR) is 86.8 cm³/mol. The van der Waals surface area contributed by atoms with Crippen LogP contribution in [0.2, 0.25) is 0 Å². The van der Waals surface area contributed by atoms with E-state index in [4.69, 9.17) is 9.47 Å². The number of aliphatic carboxylic acids is 1. The maximum Gasteiger partial charge on any atom is 0.410 e. The molecule has 3 heterocycles. The molecule has 1 amide bonds. The Morgan fingerprint density at radius 2 is 1.75 bits per heavy atom. The number of amides is 1. The van der Waals surface area contributed by atoms with E-state index in [1.807, 2.05) is 20.8 Å². The number of rotatable bonds is 3. The highest BCUT2D eigenvalue weighted by Gasteiger charge is 2.52. The zero-order chi connectivity index (χ0) is 17.5. The summed E-state index contributed by atoms with van der Waals surface area (Å²) in [4.78, 5) is 27.6. The molecule has 7 heteroatoms. The zero-order valence-electron chi connectivity index (χ0n) is 14.7. The highest BCUT2D eigenvalue weighted by atomic mass is 16.6. The SMILES string of the molecule is CC(C)(C)OC(=O)N1CCN(CC2C(C(=O)O)[C@H]3CC[C@@H]2O3)CC1. The topological polar surface area (TPSA) is 79.3 Å². The molecule has 3 rings (SSSR count). The lowest BCUT2D eigenvalue weighted by molar-refractivity contribution is -0.145. The van der Waals surface area contributed by atoms with Gasteiger partial charge >= 0.3 is 12.1 Å². The van der Waals surface area contributed by atoms with Crippen molar-refractivity contribution in [3.8, 4) is 0 Å². The summed E-state index contributed by atoms with van der Waals surface area (Å²) in [7, 11) is 0. The molecule has 0 aliphatic carbocycles. The van der Waals surface area contributed by atoms with Gasteiger partial charge in [-0.05, 0) is 33.6 Å². The van der Waals surface area contributed by atoms with E-state index in [1.165, 1.54) is 0 Å². The Balaban J connectivity index is 1.51. The summed E-state index contributed by atoms with van der Waals surface area (Å²) in [6.45, 7) is 9.06. The van der Waals surface area contributed by atoms with Gasteiger partial charge in [-0.1, -0.05) is 0 Å². The quantitative estimate of drug-likeness (QED) is 0.837. The predicted octanol–water partition coefficient (Wildman–Crippen LogP) is 1.42. The molecular weight excluding hydrogens is 312 g/mol. The molecule has 0 aromatic heterocycles. The molecule has 3 saturated heterocycles. The molecule has 0 spiro atoms. The number of hydrogen-bond donors (Lipinski definition) is 1. The molecule has 0 radical (unpaired) electrons. The van der Waals surface area contributed by atoms with Gasteiger partial charge in [-0.3, -0.25) is 9.69 Å². The van der Waals surface area contributed by atoms with E-state index < -0.39 is 11.6 Å². The van der Waals surface area contributed by atoms with Crippen LogP contribution in [0.15, 0.2) is 0 Å². The molecule has 136 valence electrons. The van der Waals surface area contributed by atoms with Gasteiger partial charge in [-0.15, -0.1) is 0 Å². The fourth-order valence-corrected chi connectivity index (χ4v) is 4.09. The van der Waals surface area contributed by atoms with Crippen LogP contribution in [0.3, 0.4) is 0 Å². The molecule has 3 aliphatic rings. The summed E-state index contributed by atoms with van der Waals surface area (Å²) < 4.78 is 11.2. The number of piperazine rings is 1. The van der Waals surface area contributed by atoms with Crippen LogP contribution in [0.25, 0.3) is 0 Å². The molecule has 0 saturated carbocycles. The van der Waals surface area contributed by atoms with Crippen molar-refractivity contribution in [3.05, 3.63) is 0 Å². The van der Waals surface area contributed by atoms with Gasteiger partial charge in [-0.2, -0.15) is 0 Å². The number of carboxylic acids is 1. The largest absolute Gasteiger partial charge is 0.481 e. The van der Waals surface area contributed by atoms with Gasteiger partial charge in [0.05, 0.1) is 18.1 Å². The number of carbonyl (C=O) groups excluding carboxylic acids is 1. The number of hydrogen-bond acceptors (Lipinski definition) is 5. The van der Waals surface area contributed by atoms with Gasteiger partial charge in [0, 0.05) is 38.6 Å². The van der Waals surface area contributed by atoms with Crippen LogP contribution in [0.1, 0.15) is 33.6 Å². The Morgan fingerprint density at radius 1 is 1.12 bits per heavy atom. The fourth-order valence-electron chi connectivity index (χ4n) is 4.09. The lowest BCUT2D eigenvalue weighted by Crippen LogP contribution is -2.52. The third kappa shape index (κ3) is 3.67. The summed E-state index contributed by atoms with van der Waals surface area (Å²) in [5.41, 5.74) is -0.483. The molecule has 3 aliphatic heterocycles. The Morgan fingerprint density at radius 3 is 2.33 bits per heavy atom. The first-order valence-corrected chi connectivity index (χ1v) is 8.83. The monoisotopic (exact) mass is 340 g/mol. The molecule has 1 N–H and O–H groups in total. The minimum Gasteiger partial charge on any atom is -0.481 e. The minimum atomic E-state index is -0.736. The third-order valence-corrected chi connectivity index (χ3v) is 5.20. The van der Waals surface area contributed by atoms with Crippen molar-refractivity contribution in [2.45, 2.75) is 51.4 Å². The average Bonchev–Trinajstić information content (AvgIpc) is 3.07. The minimum absolute atomic E-state index is 0.0642. The van der Waals surface area contributed by atoms with Crippen LogP contribution in [0, 0.1) is 11.8 Å². The molecule has 2 bridgehead atoms. The smallest absolute Gasteiger partial charge is 0.410 e. The van der Waals surface area contributed by atoms with Crippen LogP contribution in [-0.4, -0.2) is 77.5 Å². The van der Waals surface area contributed by atoms with E-state index in [-0.39, 0.29) is 30.1 Å². The number of carboxylic acid groups (broad SMARTS) is 1. The fraction of sp³-hybridized carbons (Fsp3) is 0.882. The van der Waals surface area contributed by atoms with Crippen molar-refractivity contribution in [1.29, 1.82) is 0 Å². The van der Waals surface area contributed by atoms with Crippen LogP contribution < -0.4 is 0 Å². The van der Waals surface area contributed by atoms with Gasteiger partial charge in [0.25, 0.3) is 0 Å². The van der Waals surface area contributed by atoms with Crippen molar-refractivity contribution in [2.24, 2.45) is 11.8 Å². The molecule has 4 atom stereocenters. The normalized spacial score (nSPS) is 33.7. The Hall–Kier alpha value is -1.34. The summed E-state index contributed by atoms with van der Waals surface area (Å²) >= 11 is 0. The van der Waals surface area contributed by atoms with Crippen molar-refractivity contribution < 1.29 is 24.2 Å². The number of fused-ring (bicyclic) bond motifs is 2. The van der Waals surface area contributed by atoms with Gasteiger partial charge in [0.1, 0.15) is 5.60 Å². The van der Waals surface area contributed by atoms with Gasteiger partial charge in [0.2, 0.25) is 0 Å². The van der Waals surface area contributed by atoms with Crippen LogP contribution in [-0.2, 0) is 14.3 Å². The third-order valence-electron chi connectivity index (χ3n) is 5.20. The van der Waals surface area contributed by atoms with E-state index in [2.05, 4.69) is 4.90 Å². The molecule has 7 nitrogen and oxygen atoms in total. The molecule has 0 aromatic carbocycles. The first-order chi connectivity index (χ1) is 11.2. The molecule has 24 heavy (non-hydrogen) atoms. The number of carbonyl (C=O) groups is 2. The maximum atomic E-state index is 12.1. The Labute approximate surface area is 142 Å². The van der Waals surface area contributed by atoms with Crippen molar-refractivity contribution in [2.75, 3.05) is 32.7 Å². The maximum absolute atomic E-state index is 12.1. The molecule has 0 aromatic rings. The second-order valence-corrected chi connectivity index (χ2v) is 8.09. The van der Waals surface area contributed by atoms with Gasteiger partial charge < -0.3 is 19.5 Å². The number of nitrogens with zero attached hydrogens (tertiary/aromatic N) is 2. The van der Waals surface area contributed by atoms with Gasteiger partial charge in [-0.25, -0.2) is 4.79 Å². The van der Waals surface area contributed by atoms with E-state index in [1.54, 1.807) is 4.90 Å². The van der Waals surface area contributed by atoms with E-state index in [0.29, 0.717) is 13.1 Å². The second kappa shape index (κ2) is 6.52. The first-order valence-electron chi connectivity index (χ1n) is 8.83. The zero-order valence-corrected chi connectivity index (χ0v) is 14.7. The Bertz CT molecular complexity index is 496. The molecule has 3 fully saturated rings. The summed E-state index contributed by atoms with van der Waals surface area (Å²) in [6.07, 6.45) is 1.54. The molecular formula is C17H28N2O5. The van der Waals surface area contributed by atoms with E-state index in [0.717, 1.165) is 32.5 Å². The Kier molecular flexibility index (Phi) is 4.75. The van der Waals surface area contributed by atoms with E-state index >= 15 is 0 Å². The van der Waals surface area contributed by atoms with Crippen LogP contribution >= 0.6 is 0 Å². The summed E-state index contributed by atoms with van der Waals surface area (Å²) in [5, 5.41) is 9.49. The van der Waals surface area contributed by atoms with Crippen molar-refractivity contribution in [3.63, 3.8) is 0 Å². The summed E-state index contributed by atoms with van der Waals surface area (Å²) in [5.74, 6) is -1.05. The summed E-state index contributed by atoms with van der Waals surface area (Å²) in [6, 6.07) is 0.